The van der Waals surface area contributed by atoms with Gasteiger partial charge in [-0.15, -0.1) is 0 Å². The molecule has 1 aromatic heterocycles. The molecule has 1 aromatic rings. The normalized spacial score (nSPS) is 16.2. The van der Waals surface area contributed by atoms with E-state index in [1.807, 2.05) is 27.7 Å². The summed E-state index contributed by atoms with van der Waals surface area (Å²) in [7, 11) is 0. The molecule has 36 heavy (non-hydrogen) atoms. The topological polar surface area (TPSA) is 205 Å². The second kappa shape index (κ2) is 15.9. The van der Waals surface area contributed by atoms with Crippen molar-refractivity contribution in [2.75, 3.05) is 6.54 Å². The predicted octanol–water partition coefficient (Wildman–Crippen LogP) is 0.0397. The Morgan fingerprint density at radius 3 is 2.14 bits per heavy atom. The molecule has 0 radical (unpaired) electrons. The molecule has 204 valence electrons. The van der Waals surface area contributed by atoms with E-state index in [2.05, 4.69) is 25.9 Å². The van der Waals surface area contributed by atoms with E-state index in [0.29, 0.717) is 37.9 Å². The molecule has 9 N–H and O–H groups in total. The summed E-state index contributed by atoms with van der Waals surface area (Å²) in [6.45, 7) is 7.93. The number of rotatable bonds is 17. The summed E-state index contributed by atoms with van der Waals surface area (Å²) in [5.74, 6) is -3.09. The van der Waals surface area contributed by atoms with Crippen LogP contribution in [0.3, 0.4) is 0 Å². The van der Waals surface area contributed by atoms with E-state index in [-0.39, 0.29) is 24.7 Å². The molecule has 6 unspecified atom stereocenters. The first kappa shape index (κ1) is 31.0. The SMILES string of the molecule is CCC(C)C(N)C(=O)NC(C(=O)NC(CCCCN)C(=O)NC(Cc1cnc[nH]1)C(=O)O)C(C)CC. The fraction of sp³-hybridized carbons (Fsp3) is 0.708. The summed E-state index contributed by atoms with van der Waals surface area (Å²) in [4.78, 5) is 57.5. The average molecular weight is 510 g/mol. The van der Waals surface area contributed by atoms with E-state index >= 15 is 0 Å². The number of nitrogens with one attached hydrogen (secondary N) is 4. The van der Waals surface area contributed by atoms with Gasteiger partial charge in [0, 0.05) is 18.3 Å². The van der Waals surface area contributed by atoms with E-state index in [9.17, 15) is 24.3 Å². The van der Waals surface area contributed by atoms with Crippen molar-refractivity contribution in [1.29, 1.82) is 0 Å². The third-order valence-corrected chi connectivity index (χ3v) is 6.53. The smallest absolute Gasteiger partial charge is 0.326 e. The molecule has 12 heteroatoms. The van der Waals surface area contributed by atoms with Crippen LogP contribution in [0.4, 0.5) is 0 Å². The molecule has 12 nitrogen and oxygen atoms in total. The van der Waals surface area contributed by atoms with Crippen molar-refractivity contribution in [3.63, 3.8) is 0 Å². The van der Waals surface area contributed by atoms with Gasteiger partial charge in [-0.3, -0.25) is 14.4 Å². The van der Waals surface area contributed by atoms with Crippen molar-refractivity contribution in [3.8, 4) is 0 Å². The second-order valence-corrected chi connectivity index (χ2v) is 9.31. The number of nitrogens with zero attached hydrogens (tertiary/aromatic N) is 1. The van der Waals surface area contributed by atoms with Crippen molar-refractivity contribution in [1.82, 2.24) is 25.9 Å². The van der Waals surface area contributed by atoms with Crippen molar-refractivity contribution in [2.45, 2.75) is 90.4 Å². The summed E-state index contributed by atoms with van der Waals surface area (Å²) in [5, 5.41) is 17.6. The van der Waals surface area contributed by atoms with Crippen molar-refractivity contribution in [3.05, 3.63) is 18.2 Å². The minimum Gasteiger partial charge on any atom is -0.480 e. The van der Waals surface area contributed by atoms with Gasteiger partial charge in [0.05, 0.1) is 12.4 Å². The molecule has 0 saturated heterocycles. The number of carbonyl (C=O) groups excluding carboxylic acids is 3. The Morgan fingerprint density at radius 1 is 0.972 bits per heavy atom. The van der Waals surface area contributed by atoms with Crippen LogP contribution in [0.1, 0.15) is 65.5 Å². The van der Waals surface area contributed by atoms with Crippen LogP contribution in [0.5, 0.6) is 0 Å². The average Bonchev–Trinajstić information content (AvgIpc) is 3.37. The predicted molar refractivity (Wildman–Crippen MR) is 136 cm³/mol. The highest BCUT2D eigenvalue weighted by atomic mass is 16.4. The molecule has 0 aliphatic rings. The van der Waals surface area contributed by atoms with Crippen LogP contribution in [0, 0.1) is 11.8 Å². The number of unbranched alkanes of at least 4 members (excludes halogenated alkanes) is 1. The van der Waals surface area contributed by atoms with Gasteiger partial charge in [0.1, 0.15) is 18.1 Å². The van der Waals surface area contributed by atoms with E-state index in [0.717, 1.165) is 0 Å². The lowest BCUT2D eigenvalue weighted by Gasteiger charge is -2.28. The lowest BCUT2D eigenvalue weighted by molar-refractivity contribution is -0.142. The van der Waals surface area contributed by atoms with Gasteiger partial charge in [-0.1, -0.05) is 40.5 Å². The molecule has 0 saturated carbocycles. The Bertz CT molecular complexity index is 833. The maximum atomic E-state index is 13.3. The minimum absolute atomic E-state index is 0.00356. The largest absolute Gasteiger partial charge is 0.480 e. The summed E-state index contributed by atoms with van der Waals surface area (Å²) in [5.41, 5.74) is 12.2. The first-order valence-electron chi connectivity index (χ1n) is 12.6. The number of aliphatic carboxylic acids is 1. The van der Waals surface area contributed by atoms with Crippen LogP contribution >= 0.6 is 0 Å². The standard InChI is InChI=1S/C24H43N7O5/c1-5-14(3)19(26)22(33)31-20(15(4)6-2)23(34)29-17(9-7-8-10-25)21(32)30-18(24(35)36)11-16-12-27-13-28-16/h12-15,17-20H,5-11,25-26H2,1-4H3,(H,27,28)(H,29,34)(H,30,32)(H,31,33)(H,35,36). The molecule has 0 aliphatic carbocycles. The van der Waals surface area contributed by atoms with E-state index in [1.165, 1.54) is 12.5 Å². The fourth-order valence-corrected chi connectivity index (χ4v) is 3.58. The highest BCUT2D eigenvalue weighted by Crippen LogP contribution is 2.12. The van der Waals surface area contributed by atoms with Crippen LogP contribution < -0.4 is 27.4 Å². The second-order valence-electron chi connectivity index (χ2n) is 9.31. The van der Waals surface area contributed by atoms with E-state index < -0.39 is 47.9 Å². The number of aromatic nitrogens is 2. The third kappa shape index (κ3) is 9.94. The summed E-state index contributed by atoms with van der Waals surface area (Å²) in [6, 6.07) is -3.88. The molecule has 0 aliphatic heterocycles. The van der Waals surface area contributed by atoms with Crippen molar-refractivity contribution < 1.29 is 24.3 Å². The van der Waals surface area contributed by atoms with Gasteiger partial charge in [0.2, 0.25) is 17.7 Å². The number of hydrogen-bond acceptors (Lipinski definition) is 7. The first-order valence-corrected chi connectivity index (χ1v) is 12.6. The van der Waals surface area contributed by atoms with Gasteiger partial charge in [-0.05, 0) is 37.6 Å². The van der Waals surface area contributed by atoms with Gasteiger partial charge in [0.15, 0.2) is 0 Å². The van der Waals surface area contributed by atoms with Crippen molar-refractivity contribution >= 4 is 23.7 Å². The Labute approximate surface area is 212 Å². The number of H-pyrrole nitrogens is 1. The van der Waals surface area contributed by atoms with Crippen LogP contribution in [0.2, 0.25) is 0 Å². The molecule has 0 bridgehead atoms. The lowest BCUT2D eigenvalue weighted by atomic mass is 9.95. The number of hydrogen-bond donors (Lipinski definition) is 7. The van der Waals surface area contributed by atoms with Crippen LogP contribution in [0.15, 0.2) is 12.5 Å². The zero-order chi connectivity index (χ0) is 27.3. The van der Waals surface area contributed by atoms with Crippen LogP contribution in [-0.4, -0.2) is 69.5 Å². The zero-order valence-electron chi connectivity index (χ0n) is 21.8. The number of nitrogens with two attached hydrogens (primary N) is 2. The van der Waals surface area contributed by atoms with Crippen LogP contribution in [-0.2, 0) is 25.6 Å². The molecule has 1 heterocycles. The minimum atomic E-state index is -1.22. The van der Waals surface area contributed by atoms with Crippen molar-refractivity contribution in [2.24, 2.45) is 23.3 Å². The number of aromatic amines is 1. The summed E-state index contributed by atoms with van der Waals surface area (Å²) < 4.78 is 0. The van der Waals surface area contributed by atoms with E-state index in [4.69, 9.17) is 11.5 Å². The Hall–Kier alpha value is -2.99. The number of amides is 3. The zero-order valence-corrected chi connectivity index (χ0v) is 21.8. The first-order chi connectivity index (χ1) is 17.0. The molecular formula is C24H43N7O5. The van der Waals surface area contributed by atoms with Crippen LogP contribution in [0.25, 0.3) is 0 Å². The quantitative estimate of drug-likeness (QED) is 0.142. The number of imidazole rings is 1. The molecular weight excluding hydrogens is 466 g/mol. The molecule has 6 atom stereocenters. The number of carbonyl (C=O) groups is 4. The highest BCUT2D eigenvalue weighted by Gasteiger charge is 2.33. The monoisotopic (exact) mass is 509 g/mol. The number of carboxylic acid groups (broad SMARTS) is 1. The maximum Gasteiger partial charge on any atom is 0.326 e. The fourth-order valence-electron chi connectivity index (χ4n) is 3.58. The highest BCUT2D eigenvalue weighted by molar-refractivity contribution is 5.94. The lowest BCUT2D eigenvalue weighted by Crippen LogP contribution is -2.59. The van der Waals surface area contributed by atoms with Gasteiger partial charge in [-0.2, -0.15) is 0 Å². The molecule has 0 fully saturated rings. The van der Waals surface area contributed by atoms with Gasteiger partial charge in [-0.25, -0.2) is 9.78 Å². The molecule has 3 amide bonds. The number of carboxylic acids is 1. The third-order valence-electron chi connectivity index (χ3n) is 6.53. The molecule has 0 spiro atoms. The Morgan fingerprint density at radius 2 is 1.61 bits per heavy atom. The Balaban J connectivity index is 3.02. The van der Waals surface area contributed by atoms with Gasteiger partial charge >= 0.3 is 5.97 Å². The molecule has 1 rings (SSSR count). The van der Waals surface area contributed by atoms with E-state index in [1.54, 1.807) is 0 Å². The van der Waals surface area contributed by atoms with Gasteiger partial charge < -0.3 is 37.5 Å². The maximum absolute atomic E-state index is 13.3. The summed E-state index contributed by atoms with van der Waals surface area (Å²) >= 11 is 0. The Kier molecular flexibility index (Phi) is 13.7. The summed E-state index contributed by atoms with van der Waals surface area (Å²) in [6.07, 6.45) is 5.66. The molecule has 0 aromatic carbocycles. The van der Waals surface area contributed by atoms with Gasteiger partial charge in [0.25, 0.3) is 0 Å².